The van der Waals surface area contributed by atoms with E-state index in [2.05, 4.69) is 5.32 Å². The molecule has 1 aliphatic carbocycles. The first-order valence-corrected chi connectivity index (χ1v) is 8.26. The van der Waals surface area contributed by atoms with Gasteiger partial charge in [0.05, 0.1) is 0 Å². The molecule has 21 heavy (non-hydrogen) atoms. The Kier molecular flexibility index (Phi) is 5.01. The van der Waals surface area contributed by atoms with E-state index >= 15 is 0 Å². The molecule has 2 aliphatic rings. The number of hydrogen-bond donors (Lipinski definition) is 1. The van der Waals surface area contributed by atoms with Crippen LogP contribution in [0.4, 0.5) is 4.79 Å². The van der Waals surface area contributed by atoms with Crippen molar-refractivity contribution in [2.75, 3.05) is 0 Å². The minimum absolute atomic E-state index is 0.101. The van der Waals surface area contributed by atoms with E-state index in [0.29, 0.717) is 12.8 Å². The highest BCUT2D eigenvalue weighted by atomic mass is 16.2. The predicted octanol–water partition coefficient (Wildman–Crippen LogP) is 2.98. The Balaban J connectivity index is 2.32. The van der Waals surface area contributed by atoms with Gasteiger partial charge in [-0.15, -0.1) is 0 Å². The normalized spacial score (nSPS) is 23.9. The molecule has 1 saturated heterocycles. The number of imide groups is 2. The second-order valence-corrected chi connectivity index (χ2v) is 6.28. The summed E-state index contributed by atoms with van der Waals surface area (Å²) >= 11 is 0. The second-order valence-electron chi connectivity index (χ2n) is 6.28. The summed E-state index contributed by atoms with van der Waals surface area (Å²) in [6.45, 7) is 4.03. The van der Waals surface area contributed by atoms with Gasteiger partial charge in [-0.1, -0.05) is 46.0 Å². The lowest BCUT2D eigenvalue weighted by atomic mass is 9.76. The molecular weight excluding hydrogens is 268 g/mol. The Labute approximate surface area is 126 Å². The van der Waals surface area contributed by atoms with Gasteiger partial charge >= 0.3 is 6.03 Å². The van der Waals surface area contributed by atoms with Crippen LogP contribution < -0.4 is 5.32 Å². The van der Waals surface area contributed by atoms with E-state index in [1.165, 1.54) is 4.90 Å². The topological polar surface area (TPSA) is 66.5 Å². The molecule has 1 heterocycles. The van der Waals surface area contributed by atoms with Gasteiger partial charge in [0.2, 0.25) is 11.8 Å². The van der Waals surface area contributed by atoms with Crippen molar-refractivity contribution in [3.63, 3.8) is 0 Å². The number of carbonyl (C=O) groups is 3. The van der Waals surface area contributed by atoms with Gasteiger partial charge in [0.15, 0.2) is 0 Å². The number of carbonyl (C=O) groups excluding carboxylic acids is 3. The van der Waals surface area contributed by atoms with E-state index < -0.39 is 11.4 Å². The molecule has 0 aromatic carbocycles. The summed E-state index contributed by atoms with van der Waals surface area (Å²) in [6.07, 6.45) is 7.46. The van der Waals surface area contributed by atoms with Crippen molar-refractivity contribution in [2.24, 2.45) is 5.41 Å². The van der Waals surface area contributed by atoms with Crippen molar-refractivity contribution < 1.29 is 14.4 Å². The zero-order chi connectivity index (χ0) is 15.5. The van der Waals surface area contributed by atoms with Crippen molar-refractivity contribution in [2.45, 2.75) is 77.7 Å². The standard InChI is InChI=1S/C16H26N2O3/c1-3-9-12(4-2)18-14(20)16(13(19)17-15(18)21)10-7-5-6-8-11-16/h12H,3-11H2,1-2H3,(H,17,19,21). The second kappa shape index (κ2) is 6.58. The molecule has 5 nitrogen and oxygen atoms in total. The summed E-state index contributed by atoms with van der Waals surface area (Å²) in [5.41, 5.74) is -0.994. The van der Waals surface area contributed by atoms with Crippen LogP contribution in [0, 0.1) is 5.41 Å². The lowest BCUT2D eigenvalue weighted by Gasteiger charge is -2.42. The lowest BCUT2D eigenvalue weighted by Crippen LogP contribution is -2.65. The zero-order valence-electron chi connectivity index (χ0n) is 13.1. The quantitative estimate of drug-likeness (QED) is 0.811. The molecule has 118 valence electrons. The van der Waals surface area contributed by atoms with Crippen molar-refractivity contribution in [1.29, 1.82) is 0 Å². The molecule has 5 heteroatoms. The van der Waals surface area contributed by atoms with E-state index in [1.54, 1.807) is 0 Å². The van der Waals surface area contributed by atoms with Gasteiger partial charge in [0.25, 0.3) is 0 Å². The van der Waals surface area contributed by atoms with Gasteiger partial charge in [0, 0.05) is 6.04 Å². The summed E-state index contributed by atoms with van der Waals surface area (Å²) < 4.78 is 0. The molecular formula is C16H26N2O3. The molecule has 1 aliphatic heterocycles. The fraction of sp³-hybridized carbons (Fsp3) is 0.812. The van der Waals surface area contributed by atoms with E-state index in [-0.39, 0.29) is 17.9 Å². The third-order valence-electron chi connectivity index (χ3n) is 4.92. The number of rotatable bonds is 4. The molecule has 0 bridgehead atoms. The van der Waals surface area contributed by atoms with E-state index in [9.17, 15) is 14.4 Å². The number of nitrogens with zero attached hydrogens (tertiary/aromatic N) is 1. The fourth-order valence-corrected chi connectivity index (χ4v) is 3.65. The Bertz CT molecular complexity index is 425. The van der Waals surface area contributed by atoms with Crippen molar-refractivity contribution in [3.05, 3.63) is 0 Å². The summed E-state index contributed by atoms with van der Waals surface area (Å²) in [6, 6.07) is -0.629. The first-order valence-electron chi connectivity index (χ1n) is 8.26. The molecule has 0 aromatic rings. The van der Waals surface area contributed by atoms with Crippen LogP contribution in [0.5, 0.6) is 0 Å². The summed E-state index contributed by atoms with van der Waals surface area (Å²) in [4.78, 5) is 38.9. The van der Waals surface area contributed by atoms with Crippen molar-refractivity contribution >= 4 is 17.8 Å². The average Bonchev–Trinajstić information content (AvgIpc) is 2.71. The smallest absolute Gasteiger partial charge is 0.277 e. The largest absolute Gasteiger partial charge is 0.331 e. The Hall–Kier alpha value is -1.39. The molecule has 2 fully saturated rings. The third-order valence-corrected chi connectivity index (χ3v) is 4.92. The minimum atomic E-state index is -0.994. The monoisotopic (exact) mass is 294 g/mol. The number of amides is 4. The minimum Gasteiger partial charge on any atom is -0.277 e. The highest BCUT2D eigenvalue weighted by Crippen LogP contribution is 2.40. The van der Waals surface area contributed by atoms with Crippen LogP contribution in [0.25, 0.3) is 0 Å². The lowest BCUT2D eigenvalue weighted by molar-refractivity contribution is -0.154. The molecule has 1 spiro atoms. The van der Waals surface area contributed by atoms with Crippen LogP contribution in [-0.2, 0) is 9.59 Å². The molecule has 4 amide bonds. The summed E-state index contributed by atoms with van der Waals surface area (Å²) in [5.74, 6) is -0.625. The average molecular weight is 294 g/mol. The summed E-state index contributed by atoms with van der Waals surface area (Å²) in [5, 5.41) is 2.45. The summed E-state index contributed by atoms with van der Waals surface area (Å²) in [7, 11) is 0. The van der Waals surface area contributed by atoms with E-state index in [0.717, 1.165) is 44.9 Å². The van der Waals surface area contributed by atoms with Crippen LogP contribution >= 0.6 is 0 Å². The number of hydrogen-bond acceptors (Lipinski definition) is 3. The maximum Gasteiger partial charge on any atom is 0.331 e. The molecule has 1 unspecified atom stereocenters. The van der Waals surface area contributed by atoms with Gasteiger partial charge in [-0.2, -0.15) is 0 Å². The van der Waals surface area contributed by atoms with Crippen LogP contribution in [0.15, 0.2) is 0 Å². The van der Waals surface area contributed by atoms with Gasteiger partial charge < -0.3 is 0 Å². The maximum atomic E-state index is 13.0. The third kappa shape index (κ3) is 2.83. The van der Waals surface area contributed by atoms with Crippen LogP contribution in [0.2, 0.25) is 0 Å². The maximum absolute atomic E-state index is 13.0. The molecule has 0 radical (unpaired) electrons. The fourth-order valence-electron chi connectivity index (χ4n) is 3.65. The molecule has 1 N–H and O–H groups in total. The van der Waals surface area contributed by atoms with Crippen molar-refractivity contribution in [1.82, 2.24) is 10.2 Å². The zero-order valence-corrected chi connectivity index (χ0v) is 13.1. The number of urea groups is 1. The van der Waals surface area contributed by atoms with Crippen molar-refractivity contribution in [3.8, 4) is 0 Å². The first kappa shape index (κ1) is 16.0. The predicted molar refractivity (Wildman–Crippen MR) is 79.5 cm³/mol. The van der Waals surface area contributed by atoms with E-state index in [4.69, 9.17) is 0 Å². The SMILES string of the molecule is CCCC(CC)N1C(=O)NC(=O)C2(CCCCCC2)C1=O. The van der Waals surface area contributed by atoms with Gasteiger partial charge in [0.1, 0.15) is 5.41 Å². The highest BCUT2D eigenvalue weighted by Gasteiger charge is 2.54. The number of barbiturate groups is 1. The van der Waals surface area contributed by atoms with E-state index in [1.807, 2.05) is 13.8 Å². The van der Waals surface area contributed by atoms with Crippen LogP contribution in [0.1, 0.15) is 71.6 Å². The van der Waals surface area contributed by atoms with Crippen LogP contribution in [0.3, 0.4) is 0 Å². The first-order chi connectivity index (χ1) is 10.1. The highest BCUT2D eigenvalue weighted by molar-refractivity contribution is 6.19. The Morgan fingerprint density at radius 2 is 1.71 bits per heavy atom. The van der Waals surface area contributed by atoms with Gasteiger partial charge in [-0.05, 0) is 25.7 Å². The molecule has 2 rings (SSSR count). The Morgan fingerprint density at radius 3 is 2.24 bits per heavy atom. The van der Waals surface area contributed by atoms with Gasteiger partial charge in [-0.3, -0.25) is 19.8 Å². The van der Waals surface area contributed by atoms with Gasteiger partial charge in [-0.25, -0.2) is 4.79 Å². The number of nitrogens with one attached hydrogen (secondary N) is 1. The molecule has 0 aromatic heterocycles. The molecule has 1 saturated carbocycles. The Morgan fingerprint density at radius 1 is 1.10 bits per heavy atom. The molecule has 1 atom stereocenters. The van der Waals surface area contributed by atoms with Crippen LogP contribution in [-0.4, -0.2) is 28.8 Å².